The molecule has 0 fully saturated rings. The molecular formula is C22H25ClN2O4S. The summed E-state index contributed by atoms with van der Waals surface area (Å²) in [5.74, 6) is -0.946. The van der Waals surface area contributed by atoms with E-state index >= 15 is 0 Å². The average Bonchev–Trinajstić information content (AvgIpc) is 2.99. The lowest BCUT2D eigenvalue weighted by Crippen LogP contribution is -2.31. The van der Waals surface area contributed by atoms with Crippen molar-refractivity contribution in [1.82, 2.24) is 4.57 Å². The molecule has 0 aliphatic heterocycles. The normalized spacial score (nSPS) is 13.4. The van der Waals surface area contributed by atoms with Gasteiger partial charge in [-0.2, -0.15) is 0 Å². The van der Waals surface area contributed by atoms with Crippen LogP contribution in [0, 0.1) is 19.3 Å². The lowest BCUT2D eigenvalue weighted by atomic mass is 9.86. The number of fused-ring (bicyclic) bond motifs is 1. The fourth-order valence-corrected chi connectivity index (χ4v) is 5.18. The van der Waals surface area contributed by atoms with E-state index < -0.39 is 27.4 Å². The number of benzene rings is 2. The summed E-state index contributed by atoms with van der Waals surface area (Å²) in [4.78, 5) is 12.1. The second kappa shape index (κ2) is 7.63. The monoisotopic (exact) mass is 448 g/mol. The van der Waals surface area contributed by atoms with Crippen LogP contribution < -0.4 is 4.72 Å². The number of halogens is 1. The number of nitrogens with zero attached hydrogens (tertiary/aromatic N) is 1. The topological polar surface area (TPSA) is 88.4 Å². The summed E-state index contributed by atoms with van der Waals surface area (Å²) >= 11 is 6.09. The molecule has 0 bridgehead atoms. The minimum Gasteiger partial charge on any atom is -0.480 e. The Hall–Kier alpha value is -2.51. The predicted molar refractivity (Wildman–Crippen MR) is 120 cm³/mol. The van der Waals surface area contributed by atoms with Crippen LogP contribution in [0.3, 0.4) is 0 Å². The molecule has 1 unspecified atom stereocenters. The van der Waals surface area contributed by atoms with Gasteiger partial charge < -0.3 is 9.67 Å². The summed E-state index contributed by atoms with van der Waals surface area (Å²) in [7, 11) is -3.85. The highest BCUT2D eigenvalue weighted by atomic mass is 35.5. The van der Waals surface area contributed by atoms with Gasteiger partial charge >= 0.3 is 5.97 Å². The Labute approximate surface area is 181 Å². The highest BCUT2D eigenvalue weighted by Gasteiger charge is 2.33. The summed E-state index contributed by atoms with van der Waals surface area (Å²) in [5.41, 5.74) is 1.67. The van der Waals surface area contributed by atoms with E-state index in [1.165, 1.54) is 0 Å². The van der Waals surface area contributed by atoms with E-state index in [2.05, 4.69) is 4.72 Å². The first-order valence-corrected chi connectivity index (χ1v) is 11.3. The molecule has 1 atom stereocenters. The van der Waals surface area contributed by atoms with Crippen molar-refractivity contribution in [1.29, 1.82) is 0 Å². The van der Waals surface area contributed by atoms with Crippen LogP contribution in [0.1, 0.15) is 37.9 Å². The molecule has 3 rings (SSSR count). The van der Waals surface area contributed by atoms with Gasteiger partial charge in [0.05, 0.1) is 16.1 Å². The predicted octanol–water partition coefficient (Wildman–Crippen LogP) is 5.38. The molecule has 160 valence electrons. The van der Waals surface area contributed by atoms with Gasteiger partial charge in [0.25, 0.3) is 10.0 Å². The van der Waals surface area contributed by atoms with Crippen molar-refractivity contribution >= 4 is 44.2 Å². The highest BCUT2D eigenvalue weighted by Crippen LogP contribution is 2.35. The molecule has 1 aromatic heterocycles. The number of hydrogen-bond acceptors (Lipinski definition) is 3. The van der Waals surface area contributed by atoms with E-state index in [1.807, 2.05) is 26.8 Å². The number of aromatic nitrogens is 1. The Morgan fingerprint density at radius 3 is 2.37 bits per heavy atom. The van der Waals surface area contributed by atoms with Gasteiger partial charge in [-0.3, -0.25) is 4.72 Å². The average molecular weight is 449 g/mol. The fourth-order valence-electron chi connectivity index (χ4n) is 3.60. The maximum absolute atomic E-state index is 13.0. The highest BCUT2D eigenvalue weighted by molar-refractivity contribution is 7.92. The Morgan fingerprint density at radius 2 is 1.77 bits per heavy atom. The summed E-state index contributed by atoms with van der Waals surface area (Å²) in [6.07, 6.45) is 1.72. The number of aliphatic carboxylic acids is 1. The molecule has 0 amide bonds. The Bertz CT molecular complexity index is 1240. The maximum Gasteiger partial charge on any atom is 0.327 e. The van der Waals surface area contributed by atoms with Crippen molar-refractivity contribution in [2.45, 2.75) is 45.6 Å². The molecule has 2 N–H and O–H groups in total. The number of anilines is 1. The van der Waals surface area contributed by atoms with E-state index in [0.29, 0.717) is 27.4 Å². The van der Waals surface area contributed by atoms with Crippen molar-refractivity contribution in [3.63, 3.8) is 0 Å². The van der Waals surface area contributed by atoms with Gasteiger partial charge in [0.1, 0.15) is 6.04 Å². The number of carboxylic acids is 1. The van der Waals surface area contributed by atoms with E-state index in [9.17, 15) is 18.3 Å². The van der Waals surface area contributed by atoms with Gasteiger partial charge in [0.2, 0.25) is 0 Å². The Morgan fingerprint density at radius 1 is 1.10 bits per heavy atom. The summed E-state index contributed by atoms with van der Waals surface area (Å²) in [6.45, 7) is 9.01. The van der Waals surface area contributed by atoms with Crippen LogP contribution in [-0.4, -0.2) is 24.1 Å². The van der Waals surface area contributed by atoms with Crippen molar-refractivity contribution in [2.75, 3.05) is 4.72 Å². The Kier molecular flexibility index (Phi) is 5.64. The number of hydrogen-bond donors (Lipinski definition) is 2. The first-order chi connectivity index (χ1) is 13.8. The molecule has 0 aliphatic rings. The minimum absolute atomic E-state index is 0.151. The lowest BCUT2D eigenvalue weighted by molar-refractivity contribution is -0.144. The zero-order valence-corrected chi connectivity index (χ0v) is 19.1. The smallest absolute Gasteiger partial charge is 0.327 e. The van der Waals surface area contributed by atoms with Crippen LogP contribution in [0.2, 0.25) is 5.02 Å². The van der Waals surface area contributed by atoms with Gasteiger partial charge in [-0.05, 0) is 66.1 Å². The number of sulfonamides is 1. The van der Waals surface area contributed by atoms with Crippen LogP contribution in [-0.2, 0) is 14.8 Å². The quantitative estimate of drug-likeness (QED) is 0.548. The van der Waals surface area contributed by atoms with E-state index in [1.54, 1.807) is 54.9 Å². The standard InChI is InChI=1S/C22H25ClN2O4S/c1-13-11-19(14(2)10-17(13)23)30(28,29)24-16-7-6-15-8-9-25(18(15)12-16)20(21(26)27)22(3,4)5/h6-12,20,24H,1-5H3,(H,26,27). The number of nitrogens with one attached hydrogen (secondary N) is 1. The number of aryl methyl sites for hydroxylation is 2. The van der Waals surface area contributed by atoms with Crippen molar-refractivity contribution in [3.05, 3.63) is 58.7 Å². The number of rotatable bonds is 5. The van der Waals surface area contributed by atoms with Gasteiger partial charge in [-0.1, -0.05) is 38.4 Å². The molecule has 1 heterocycles. The maximum atomic E-state index is 13.0. The third-order valence-corrected chi connectivity index (χ3v) is 6.98. The van der Waals surface area contributed by atoms with E-state index in [-0.39, 0.29) is 4.90 Å². The first-order valence-electron chi connectivity index (χ1n) is 9.44. The fraction of sp³-hybridized carbons (Fsp3) is 0.318. The number of carboxylic acid groups (broad SMARTS) is 1. The number of carbonyl (C=O) groups is 1. The van der Waals surface area contributed by atoms with Crippen molar-refractivity contribution in [2.24, 2.45) is 5.41 Å². The van der Waals surface area contributed by atoms with Gasteiger partial charge in [0.15, 0.2) is 0 Å². The molecule has 6 nitrogen and oxygen atoms in total. The van der Waals surface area contributed by atoms with E-state index in [0.717, 1.165) is 5.39 Å². The second-order valence-electron chi connectivity index (χ2n) is 8.58. The molecule has 0 spiro atoms. The van der Waals surface area contributed by atoms with Gasteiger partial charge in [-0.25, -0.2) is 13.2 Å². The minimum atomic E-state index is -3.85. The molecule has 0 saturated heterocycles. The zero-order chi connectivity index (χ0) is 22.4. The molecule has 8 heteroatoms. The van der Waals surface area contributed by atoms with Crippen LogP contribution in [0.25, 0.3) is 10.9 Å². The third-order valence-electron chi connectivity index (χ3n) is 5.05. The zero-order valence-electron chi connectivity index (χ0n) is 17.5. The van der Waals surface area contributed by atoms with Crippen LogP contribution in [0.15, 0.2) is 47.5 Å². The van der Waals surface area contributed by atoms with Crippen molar-refractivity contribution < 1.29 is 18.3 Å². The van der Waals surface area contributed by atoms with Crippen LogP contribution >= 0.6 is 11.6 Å². The molecule has 0 aliphatic carbocycles. The van der Waals surface area contributed by atoms with Crippen LogP contribution in [0.5, 0.6) is 0 Å². The van der Waals surface area contributed by atoms with Crippen molar-refractivity contribution in [3.8, 4) is 0 Å². The third kappa shape index (κ3) is 4.18. The Balaban J connectivity index is 2.06. The molecule has 0 saturated carbocycles. The van der Waals surface area contributed by atoms with Gasteiger partial charge in [-0.15, -0.1) is 0 Å². The summed E-state index contributed by atoms with van der Waals surface area (Å²) in [5, 5.41) is 11.1. The summed E-state index contributed by atoms with van der Waals surface area (Å²) in [6, 6.07) is 9.28. The SMILES string of the molecule is Cc1cc(S(=O)(=O)Nc2ccc3ccn(C(C(=O)O)C(C)(C)C)c3c2)c(C)cc1Cl. The molecule has 0 radical (unpaired) electrons. The molecule has 3 aromatic rings. The molecular weight excluding hydrogens is 424 g/mol. The molecule has 2 aromatic carbocycles. The lowest BCUT2D eigenvalue weighted by Gasteiger charge is -2.29. The summed E-state index contributed by atoms with van der Waals surface area (Å²) < 4.78 is 30.3. The van der Waals surface area contributed by atoms with Gasteiger partial charge in [0, 0.05) is 11.2 Å². The largest absolute Gasteiger partial charge is 0.480 e. The molecule has 30 heavy (non-hydrogen) atoms. The van der Waals surface area contributed by atoms with E-state index in [4.69, 9.17) is 11.6 Å². The van der Waals surface area contributed by atoms with Crippen LogP contribution in [0.4, 0.5) is 5.69 Å². The second-order valence-corrected chi connectivity index (χ2v) is 10.6. The first kappa shape index (κ1) is 22.2.